The van der Waals surface area contributed by atoms with Crippen molar-refractivity contribution in [2.24, 2.45) is 0 Å². The fourth-order valence-electron chi connectivity index (χ4n) is 4.20. The molecular weight excluding hydrogens is 460 g/mol. The van der Waals surface area contributed by atoms with Crippen LogP contribution in [0.5, 0.6) is 0 Å². The van der Waals surface area contributed by atoms with Crippen LogP contribution in [0.1, 0.15) is 71.3 Å². The molecule has 4 rings (SSSR count). The Morgan fingerprint density at radius 1 is 1.21 bits per heavy atom. The highest BCUT2D eigenvalue weighted by atomic mass is 32.2. The van der Waals surface area contributed by atoms with Crippen molar-refractivity contribution in [1.29, 1.82) is 10.5 Å². The second-order valence-corrected chi connectivity index (χ2v) is 10.9. The van der Waals surface area contributed by atoms with Crippen LogP contribution in [-0.2, 0) is 17.6 Å². The summed E-state index contributed by atoms with van der Waals surface area (Å²) in [6.07, 6.45) is 3.05. The lowest BCUT2D eigenvalue weighted by atomic mass is 9.83. The maximum absolute atomic E-state index is 12.7. The standard InChI is InChI=1S/C27H26N4OS2/c1-17(2)23-11-9-20(15-28)26(30-23)33-13-12-25(32)31-27-22(16-29)21-10-8-19(14-24(21)34-27)18-6-4-3-5-7-18/h3-7,9,11,17,19H,8,10,12-14H2,1-2H3,(H,31,32). The number of nitrogens with zero attached hydrogens (tertiary/aromatic N) is 3. The van der Waals surface area contributed by atoms with E-state index in [4.69, 9.17) is 0 Å². The molecule has 1 unspecified atom stereocenters. The molecule has 1 amide bonds. The van der Waals surface area contributed by atoms with Gasteiger partial charge < -0.3 is 5.32 Å². The molecule has 1 N–H and O–H groups in total. The molecule has 0 spiro atoms. The maximum atomic E-state index is 12.7. The fourth-order valence-corrected chi connectivity index (χ4v) is 6.42. The van der Waals surface area contributed by atoms with Crippen molar-refractivity contribution in [2.75, 3.05) is 11.1 Å². The van der Waals surface area contributed by atoms with E-state index in [0.29, 0.717) is 32.8 Å². The van der Waals surface area contributed by atoms with Gasteiger partial charge in [0.25, 0.3) is 0 Å². The van der Waals surface area contributed by atoms with E-state index in [2.05, 4.69) is 60.6 Å². The van der Waals surface area contributed by atoms with Gasteiger partial charge in [0.1, 0.15) is 22.2 Å². The molecule has 0 bridgehead atoms. The summed E-state index contributed by atoms with van der Waals surface area (Å²) in [5.41, 5.74) is 4.50. The number of hydrogen-bond donors (Lipinski definition) is 1. The first kappa shape index (κ1) is 24.0. The van der Waals surface area contributed by atoms with E-state index >= 15 is 0 Å². The first-order chi connectivity index (χ1) is 16.5. The first-order valence-corrected chi connectivity index (χ1v) is 13.2. The molecule has 1 aliphatic rings. The molecule has 172 valence electrons. The number of rotatable bonds is 7. The molecule has 0 radical (unpaired) electrons. The molecule has 3 aromatic rings. The number of benzene rings is 1. The van der Waals surface area contributed by atoms with E-state index in [-0.39, 0.29) is 18.2 Å². The van der Waals surface area contributed by atoms with Crippen molar-refractivity contribution in [1.82, 2.24) is 4.98 Å². The molecule has 1 aliphatic carbocycles. The Labute approximate surface area is 208 Å². The smallest absolute Gasteiger partial charge is 0.225 e. The van der Waals surface area contributed by atoms with Crippen LogP contribution in [-0.4, -0.2) is 16.6 Å². The maximum Gasteiger partial charge on any atom is 0.225 e. The fraction of sp³-hybridized carbons (Fsp3) is 0.333. The van der Waals surface area contributed by atoms with Gasteiger partial charge in [-0.1, -0.05) is 44.2 Å². The second kappa shape index (κ2) is 10.9. The van der Waals surface area contributed by atoms with E-state index in [1.54, 1.807) is 6.07 Å². The molecule has 2 aromatic heterocycles. The number of amides is 1. The van der Waals surface area contributed by atoms with Gasteiger partial charge in [-0.2, -0.15) is 10.5 Å². The largest absolute Gasteiger partial charge is 0.317 e. The van der Waals surface area contributed by atoms with Gasteiger partial charge >= 0.3 is 0 Å². The van der Waals surface area contributed by atoms with E-state index in [1.807, 2.05) is 12.1 Å². The van der Waals surface area contributed by atoms with Gasteiger partial charge in [0.15, 0.2) is 0 Å². The third kappa shape index (κ3) is 5.33. The Kier molecular flexibility index (Phi) is 7.67. The minimum atomic E-state index is -0.124. The molecule has 0 aliphatic heterocycles. The number of thioether (sulfide) groups is 1. The van der Waals surface area contributed by atoms with Gasteiger partial charge in [0, 0.05) is 22.7 Å². The summed E-state index contributed by atoms with van der Waals surface area (Å²) in [6.45, 7) is 4.12. The van der Waals surface area contributed by atoms with Crippen LogP contribution >= 0.6 is 23.1 Å². The number of nitrogens with one attached hydrogen (secondary N) is 1. The Morgan fingerprint density at radius 2 is 2.00 bits per heavy atom. The summed E-state index contributed by atoms with van der Waals surface area (Å²) < 4.78 is 0. The monoisotopic (exact) mass is 486 g/mol. The summed E-state index contributed by atoms with van der Waals surface area (Å²) in [7, 11) is 0. The van der Waals surface area contributed by atoms with Crippen molar-refractivity contribution in [2.45, 2.75) is 56.4 Å². The van der Waals surface area contributed by atoms with Crippen LogP contribution in [0, 0.1) is 22.7 Å². The van der Waals surface area contributed by atoms with Gasteiger partial charge in [0.05, 0.1) is 11.1 Å². The zero-order valence-corrected chi connectivity index (χ0v) is 20.9. The van der Waals surface area contributed by atoms with Gasteiger partial charge in [-0.25, -0.2) is 4.98 Å². The molecule has 1 atom stereocenters. The van der Waals surface area contributed by atoms with Gasteiger partial charge in [-0.05, 0) is 54.4 Å². The molecule has 0 saturated heterocycles. The van der Waals surface area contributed by atoms with Gasteiger partial charge in [-0.15, -0.1) is 23.1 Å². The first-order valence-electron chi connectivity index (χ1n) is 11.4. The summed E-state index contributed by atoms with van der Waals surface area (Å²) in [5.74, 6) is 1.10. The van der Waals surface area contributed by atoms with E-state index in [1.165, 1.54) is 33.5 Å². The molecular formula is C27H26N4OS2. The van der Waals surface area contributed by atoms with Crippen molar-refractivity contribution in [3.8, 4) is 12.1 Å². The van der Waals surface area contributed by atoms with E-state index in [9.17, 15) is 15.3 Å². The SMILES string of the molecule is CC(C)c1ccc(C#N)c(SCCC(=O)Nc2sc3c(c2C#N)CCC(c2ccccc2)C3)n1. The molecule has 7 heteroatoms. The van der Waals surface area contributed by atoms with Crippen LogP contribution < -0.4 is 5.32 Å². The number of thiophene rings is 1. The molecule has 0 saturated carbocycles. The topological polar surface area (TPSA) is 89.6 Å². The average molecular weight is 487 g/mol. The van der Waals surface area contributed by atoms with Gasteiger partial charge in [0.2, 0.25) is 5.91 Å². The molecule has 0 fully saturated rings. The number of aromatic nitrogens is 1. The van der Waals surface area contributed by atoms with Crippen LogP contribution in [0.2, 0.25) is 0 Å². The number of fused-ring (bicyclic) bond motifs is 1. The van der Waals surface area contributed by atoms with Gasteiger partial charge in [-0.3, -0.25) is 4.79 Å². The minimum absolute atomic E-state index is 0.124. The third-order valence-electron chi connectivity index (χ3n) is 6.06. The Morgan fingerprint density at radius 3 is 2.71 bits per heavy atom. The average Bonchev–Trinajstić information content (AvgIpc) is 3.20. The summed E-state index contributed by atoms with van der Waals surface area (Å²) in [4.78, 5) is 18.5. The summed E-state index contributed by atoms with van der Waals surface area (Å²) >= 11 is 2.96. The summed E-state index contributed by atoms with van der Waals surface area (Å²) in [5, 5.41) is 23.4. The number of carbonyl (C=O) groups is 1. The highest BCUT2D eigenvalue weighted by Crippen LogP contribution is 2.42. The number of anilines is 1. The Bertz CT molecular complexity index is 1270. The number of nitriles is 2. The van der Waals surface area contributed by atoms with Crippen LogP contribution in [0.15, 0.2) is 47.5 Å². The lowest BCUT2D eigenvalue weighted by Gasteiger charge is -2.22. The van der Waals surface area contributed by atoms with Crippen molar-refractivity contribution in [3.63, 3.8) is 0 Å². The lowest BCUT2D eigenvalue weighted by molar-refractivity contribution is -0.115. The van der Waals surface area contributed by atoms with Crippen molar-refractivity contribution < 1.29 is 4.79 Å². The van der Waals surface area contributed by atoms with Crippen LogP contribution in [0.3, 0.4) is 0 Å². The summed E-state index contributed by atoms with van der Waals surface area (Å²) in [6, 6.07) is 18.7. The normalized spacial score (nSPS) is 14.8. The second-order valence-electron chi connectivity index (χ2n) is 8.67. The number of hydrogen-bond acceptors (Lipinski definition) is 6. The highest BCUT2D eigenvalue weighted by molar-refractivity contribution is 7.99. The Hall–Kier alpha value is -3.13. The van der Waals surface area contributed by atoms with Crippen molar-refractivity contribution >= 4 is 34.0 Å². The zero-order chi connectivity index (χ0) is 24.1. The molecule has 1 aromatic carbocycles. The number of pyridine rings is 1. The van der Waals surface area contributed by atoms with Crippen molar-refractivity contribution in [3.05, 3.63) is 75.3 Å². The predicted molar refractivity (Wildman–Crippen MR) is 137 cm³/mol. The number of carbonyl (C=O) groups excluding carboxylic acids is 1. The quantitative estimate of drug-likeness (QED) is 0.390. The van der Waals surface area contributed by atoms with Crippen LogP contribution in [0.4, 0.5) is 5.00 Å². The molecule has 34 heavy (non-hydrogen) atoms. The minimum Gasteiger partial charge on any atom is -0.317 e. The predicted octanol–water partition coefficient (Wildman–Crippen LogP) is 6.40. The highest BCUT2D eigenvalue weighted by Gasteiger charge is 2.27. The van der Waals surface area contributed by atoms with E-state index < -0.39 is 0 Å². The third-order valence-corrected chi connectivity index (χ3v) is 8.23. The van der Waals surface area contributed by atoms with E-state index in [0.717, 1.165) is 30.5 Å². The molecule has 5 nitrogen and oxygen atoms in total. The lowest BCUT2D eigenvalue weighted by Crippen LogP contribution is -2.13. The zero-order valence-electron chi connectivity index (χ0n) is 19.3. The van der Waals surface area contributed by atoms with Crippen LogP contribution in [0.25, 0.3) is 0 Å². The Balaban J connectivity index is 1.40. The molecule has 2 heterocycles.